The highest BCUT2D eigenvalue weighted by Crippen LogP contribution is 2.40. The van der Waals surface area contributed by atoms with E-state index in [0.29, 0.717) is 5.92 Å². The molecule has 4 nitrogen and oxygen atoms in total. The van der Waals surface area contributed by atoms with Gasteiger partial charge in [-0.05, 0) is 24.7 Å². The van der Waals surface area contributed by atoms with Crippen molar-refractivity contribution >= 4 is 5.91 Å². The number of amides is 1. The maximum absolute atomic E-state index is 10.3. The molecule has 1 rings (SSSR count). The van der Waals surface area contributed by atoms with E-state index < -0.39 is 12.1 Å². The van der Waals surface area contributed by atoms with Gasteiger partial charge in [-0.25, -0.2) is 0 Å². The zero-order valence-electron chi connectivity index (χ0n) is 7.29. The van der Waals surface area contributed by atoms with Gasteiger partial charge in [0, 0.05) is 0 Å². The van der Waals surface area contributed by atoms with Crippen molar-refractivity contribution in [1.82, 2.24) is 5.32 Å². The van der Waals surface area contributed by atoms with Gasteiger partial charge >= 0.3 is 0 Å². The standard InChI is InChI=1S/C8H16N2O2/c1-5-2-6(5)3-8(12)10-4-7(9)11/h5-6,8,10,12H,2-4H2,1H3,(H2,9,11). The molecule has 0 aromatic carbocycles. The zero-order chi connectivity index (χ0) is 9.14. The molecule has 0 aliphatic heterocycles. The van der Waals surface area contributed by atoms with Crippen molar-refractivity contribution in [3.63, 3.8) is 0 Å². The van der Waals surface area contributed by atoms with Gasteiger partial charge in [0.25, 0.3) is 0 Å². The lowest BCUT2D eigenvalue weighted by molar-refractivity contribution is -0.117. The number of aliphatic hydroxyl groups is 1. The van der Waals surface area contributed by atoms with Crippen LogP contribution in [0.1, 0.15) is 19.8 Å². The number of rotatable bonds is 5. The fourth-order valence-corrected chi connectivity index (χ4v) is 1.32. The third kappa shape index (κ3) is 3.19. The maximum Gasteiger partial charge on any atom is 0.231 e. The van der Waals surface area contributed by atoms with Crippen LogP contribution in [-0.2, 0) is 4.79 Å². The summed E-state index contributed by atoms with van der Waals surface area (Å²) in [5, 5.41) is 12.0. The van der Waals surface area contributed by atoms with E-state index in [-0.39, 0.29) is 6.54 Å². The molecular weight excluding hydrogens is 156 g/mol. The number of hydrogen-bond acceptors (Lipinski definition) is 3. The van der Waals surface area contributed by atoms with Crippen molar-refractivity contribution < 1.29 is 9.90 Å². The van der Waals surface area contributed by atoms with Crippen LogP contribution < -0.4 is 11.1 Å². The molecule has 70 valence electrons. The lowest BCUT2D eigenvalue weighted by Gasteiger charge is -2.10. The van der Waals surface area contributed by atoms with Gasteiger partial charge in [0.2, 0.25) is 5.91 Å². The lowest BCUT2D eigenvalue weighted by Crippen LogP contribution is -2.36. The molecular formula is C8H16N2O2. The summed E-state index contributed by atoms with van der Waals surface area (Å²) >= 11 is 0. The van der Waals surface area contributed by atoms with Crippen LogP contribution in [0.25, 0.3) is 0 Å². The van der Waals surface area contributed by atoms with E-state index in [1.807, 2.05) is 0 Å². The van der Waals surface area contributed by atoms with E-state index in [4.69, 9.17) is 5.73 Å². The van der Waals surface area contributed by atoms with Gasteiger partial charge in [-0.2, -0.15) is 0 Å². The largest absolute Gasteiger partial charge is 0.379 e. The second-order valence-electron chi connectivity index (χ2n) is 3.57. The van der Waals surface area contributed by atoms with Gasteiger partial charge in [0.05, 0.1) is 6.54 Å². The van der Waals surface area contributed by atoms with Crippen LogP contribution in [0.3, 0.4) is 0 Å². The summed E-state index contributed by atoms with van der Waals surface area (Å²) < 4.78 is 0. The maximum atomic E-state index is 10.3. The molecule has 0 bridgehead atoms. The summed E-state index contributed by atoms with van der Waals surface area (Å²) in [7, 11) is 0. The van der Waals surface area contributed by atoms with Crippen LogP contribution in [0.15, 0.2) is 0 Å². The Morgan fingerprint density at radius 3 is 2.83 bits per heavy atom. The predicted molar refractivity (Wildman–Crippen MR) is 45.1 cm³/mol. The Hall–Kier alpha value is -0.610. The molecule has 12 heavy (non-hydrogen) atoms. The van der Waals surface area contributed by atoms with Crippen LogP contribution in [0, 0.1) is 11.8 Å². The van der Waals surface area contributed by atoms with Gasteiger partial charge in [0.1, 0.15) is 6.23 Å². The van der Waals surface area contributed by atoms with E-state index >= 15 is 0 Å². The fraction of sp³-hybridized carbons (Fsp3) is 0.875. The molecule has 0 aromatic heterocycles. The van der Waals surface area contributed by atoms with Gasteiger partial charge in [0.15, 0.2) is 0 Å². The Labute approximate surface area is 72.1 Å². The molecule has 0 aromatic rings. The first-order valence-electron chi connectivity index (χ1n) is 4.29. The number of aliphatic hydroxyl groups excluding tert-OH is 1. The van der Waals surface area contributed by atoms with E-state index in [9.17, 15) is 9.90 Å². The number of nitrogens with one attached hydrogen (secondary N) is 1. The van der Waals surface area contributed by atoms with Crippen molar-refractivity contribution in [2.45, 2.75) is 26.0 Å². The first kappa shape index (κ1) is 9.48. The third-order valence-corrected chi connectivity index (χ3v) is 2.31. The summed E-state index contributed by atoms with van der Waals surface area (Å²) in [5.74, 6) is 0.924. The first-order chi connectivity index (χ1) is 5.59. The molecule has 4 heteroatoms. The van der Waals surface area contributed by atoms with Crippen molar-refractivity contribution in [2.75, 3.05) is 6.54 Å². The molecule has 0 radical (unpaired) electrons. The second-order valence-corrected chi connectivity index (χ2v) is 3.57. The number of carbonyl (C=O) groups is 1. The highest BCUT2D eigenvalue weighted by molar-refractivity contribution is 5.75. The van der Waals surface area contributed by atoms with Crippen molar-refractivity contribution in [2.24, 2.45) is 17.6 Å². The quantitative estimate of drug-likeness (QED) is 0.486. The minimum Gasteiger partial charge on any atom is -0.379 e. The van der Waals surface area contributed by atoms with Crippen molar-refractivity contribution in [3.05, 3.63) is 0 Å². The van der Waals surface area contributed by atoms with Crippen molar-refractivity contribution in [1.29, 1.82) is 0 Å². The number of hydrogen-bond donors (Lipinski definition) is 3. The summed E-state index contributed by atoms with van der Waals surface area (Å²) in [6, 6.07) is 0. The van der Waals surface area contributed by atoms with E-state index in [0.717, 1.165) is 12.3 Å². The minimum atomic E-state index is -0.576. The molecule has 4 N–H and O–H groups in total. The van der Waals surface area contributed by atoms with Gasteiger partial charge in [-0.3, -0.25) is 10.1 Å². The Bertz CT molecular complexity index is 172. The van der Waals surface area contributed by atoms with Crippen LogP contribution in [0.4, 0.5) is 0 Å². The third-order valence-electron chi connectivity index (χ3n) is 2.31. The average molecular weight is 172 g/mol. The molecule has 3 atom stereocenters. The van der Waals surface area contributed by atoms with E-state index in [1.54, 1.807) is 0 Å². The van der Waals surface area contributed by atoms with Crippen LogP contribution >= 0.6 is 0 Å². The molecule has 1 aliphatic carbocycles. The fourth-order valence-electron chi connectivity index (χ4n) is 1.32. The molecule has 1 fully saturated rings. The van der Waals surface area contributed by atoms with Gasteiger partial charge < -0.3 is 10.8 Å². The molecule has 0 saturated heterocycles. The van der Waals surface area contributed by atoms with E-state index in [1.165, 1.54) is 6.42 Å². The predicted octanol–water partition coefficient (Wildman–Crippen LogP) is -0.574. The summed E-state index contributed by atoms with van der Waals surface area (Å²) in [5.41, 5.74) is 4.90. The molecule has 3 unspecified atom stereocenters. The Morgan fingerprint density at radius 2 is 2.42 bits per heavy atom. The van der Waals surface area contributed by atoms with Crippen LogP contribution in [0.2, 0.25) is 0 Å². The topological polar surface area (TPSA) is 75.3 Å². The molecule has 0 spiro atoms. The number of nitrogens with two attached hydrogens (primary N) is 1. The van der Waals surface area contributed by atoms with Crippen molar-refractivity contribution in [3.8, 4) is 0 Å². The molecule has 1 aliphatic rings. The Kier molecular flexibility index (Phi) is 3.05. The van der Waals surface area contributed by atoms with E-state index in [2.05, 4.69) is 12.2 Å². The second kappa shape index (κ2) is 3.87. The first-order valence-corrected chi connectivity index (χ1v) is 4.29. The van der Waals surface area contributed by atoms with Gasteiger partial charge in [-0.1, -0.05) is 6.92 Å². The number of carbonyl (C=O) groups excluding carboxylic acids is 1. The number of primary amides is 1. The highest BCUT2D eigenvalue weighted by Gasteiger charge is 2.33. The highest BCUT2D eigenvalue weighted by atomic mass is 16.3. The molecule has 1 amide bonds. The summed E-state index contributed by atoms with van der Waals surface area (Å²) in [6.45, 7) is 2.22. The SMILES string of the molecule is CC1CC1CC(O)NCC(N)=O. The normalized spacial score (nSPS) is 29.8. The Balaban J connectivity index is 2.04. The summed E-state index contributed by atoms with van der Waals surface area (Å²) in [6.07, 6.45) is 1.34. The minimum absolute atomic E-state index is 0.0578. The van der Waals surface area contributed by atoms with Crippen LogP contribution in [-0.4, -0.2) is 23.8 Å². The Morgan fingerprint density at radius 1 is 1.83 bits per heavy atom. The zero-order valence-corrected chi connectivity index (χ0v) is 7.29. The monoisotopic (exact) mass is 172 g/mol. The smallest absolute Gasteiger partial charge is 0.231 e. The van der Waals surface area contributed by atoms with Crippen LogP contribution in [0.5, 0.6) is 0 Å². The average Bonchev–Trinajstić information content (AvgIpc) is 2.62. The van der Waals surface area contributed by atoms with Gasteiger partial charge in [-0.15, -0.1) is 0 Å². The molecule has 1 saturated carbocycles. The lowest BCUT2D eigenvalue weighted by atomic mass is 10.2. The molecule has 0 heterocycles. The summed E-state index contributed by atoms with van der Waals surface area (Å²) in [4.78, 5) is 10.3.